The maximum Gasteiger partial charge on any atom is 0.237 e. The van der Waals surface area contributed by atoms with Crippen molar-refractivity contribution in [3.63, 3.8) is 0 Å². The molecule has 0 spiro atoms. The summed E-state index contributed by atoms with van der Waals surface area (Å²) >= 11 is 0. The fourth-order valence-electron chi connectivity index (χ4n) is 2.66. The van der Waals surface area contributed by atoms with Crippen LogP contribution >= 0.6 is 0 Å². The molecule has 0 aromatic rings. The molecule has 1 amide bonds. The second-order valence-corrected chi connectivity index (χ2v) is 6.65. The summed E-state index contributed by atoms with van der Waals surface area (Å²) in [5.41, 5.74) is 4.99. The molecule has 1 unspecified atom stereocenters. The van der Waals surface area contributed by atoms with E-state index in [0.717, 1.165) is 19.4 Å². The highest BCUT2D eigenvalue weighted by Gasteiger charge is 2.30. The highest BCUT2D eigenvalue weighted by molar-refractivity contribution is 5.84. The molecule has 0 heterocycles. The maximum absolute atomic E-state index is 11.7. The van der Waals surface area contributed by atoms with Crippen LogP contribution in [0.5, 0.6) is 0 Å². The summed E-state index contributed by atoms with van der Waals surface area (Å²) in [5.74, 6) is -0.245. The lowest BCUT2D eigenvalue weighted by atomic mass is 9.93. The summed E-state index contributed by atoms with van der Waals surface area (Å²) in [7, 11) is 0. The van der Waals surface area contributed by atoms with Crippen LogP contribution in [0.3, 0.4) is 0 Å². The van der Waals surface area contributed by atoms with Gasteiger partial charge in [-0.05, 0) is 66.1 Å². The van der Waals surface area contributed by atoms with Crippen molar-refractivity contribution in [2.75, 3.05) is 19.6 Å². The molecule has 3 N–H and O–H groups in total. The molecule has 0 saturated heterocycles. The molecule has 0 fully saturated rings. The summed E-state index contributed by atoms with van der Waals surface area (Å²) in [4.78, 5) is 14.3. The van der Waals surface area contributed by atoms with Gasteiger partial charge in [-0.2, -0.15) is 0 Å². The second-order valence-electron chi connectivity index (χ2n) is 6.65. The third-order valence-electron chi connectivity index (χ3n) is 3.96. The van der Waals surface area contributed by atoms with E-state index in [4.69, 9.17) is 5.73 Å². The van der Waals surface area contributed by atoms with Gasteiger partial charge >= 0.3 is 0 Å². The number of carbonyl (C=O) groups excluding carboxylic acids is 1. The van der Waals surface area contributed by atoms with Crippen molar-refractivity contribution in [1.82, 2.24) is 10.2 Å². The standard InChI is InChI=1S/C17H37N3O/c1-6-8-12-20(13-9-7-2)14-10-11-17(5,16(18)21)19-15(3)4/h15,19H,6-14H2,1-5H3,(H2,18,21). The monoisotopic (exact) mass is 299 g/mol. The second kappa shape index (κ2) is 11.0. The van der Waals surface area contributed by atoms with E-state index in [1.54, 1.807) is 0 Å². The number of hydrogen-bond acceptors (Lipinski definition) is 3. The van der Waals surface area contributed by atoms with E-state index in [1.807, 2.05) is 6.92 Å². The first-order valence-corrected chi connectivity index (χ1v) is 8.65. The molecule has 0 aromatic heterocycles. The largest absolute Gasteiger partial charge is 0.368 e. The minimum Gasteiger partial charge on any atom is -0.368 e. The van der Waals surface area contributed by atoms with Crippen LogP contribution in [0.15, 0.2) is 0 Å². The topological polar surface area (TPSA) is 58.4 Å². The number of nitrogens with two attached hydrogens (primary N) is 1. The Morgan fingerprint density at radius 1 is 1.10 bits per heavy atom. The number of nitrogens with zero attached hydrogens (tertiary/aromatic N) is 1. The number of unbranched alkanes of at least 4 members (excludes halogenated alkanes) is 2. The van der Waals surface area contributed by atoms with Gasteiger partial charge in [-0.3, -0.25) is 4.79 Å². The quantitative estimate of drug-likeness (QED) is 0.550. The molecule has 1 atom stereocenters. The molecule has 0 bridgehead atoms. The predicted octanol–water partition coefficient (Wildman–Crippen LogP) is 2.91. The van der Waals surface area contributed by atoms with Crippen molar-refractivity contribution in [2.24, 2.45) is 5.73 Å². The Labute approximate surface area is 131 Å². The summed E-state index contributed by atoms with van der Waals surface area (Å²) in [6, 6.07) is 0.263. The molecule has 0 aromatic carbocycles. The third-order valence-corrected chi connectivity index (χ3v) is 3.96. The zero-order valence-corrected chi connectivity index (χ0v) is 14.9. The van der Waals surface area contributed by atoms with Gasteiger partial charge in [0.05, 0.1) is 5.54 Å². The normalized spacial score (nSPS) is 14.6. The number of rotatable bonds is 13. The first kappa shape index (κ1) is 20.4. The highest BCUT2D eigenvalue weighted by Crippen LogP contribution is 2.14. The smallest absolute Gasteiger partial charge is 0.237 e. The predicted molar refractivity (Wildman–Crippen MR) is 91.4 cm³/mol. The minimum absolute atomic E-state index is 0.245. The SMILES string of the molecule is CCCCN(CCCC)CCCC(C)(NC(C)C)C(N)=O. The van der Waals surface area contributed by atoms with Crippen LogP contribution in [0.4, 0.5) is 0 Å². The van der Waals surface area contributed by atoms with Crippen LogP contribution in [0.1, 0.15) is 73.1 Å². The van der Waals surface area contributed by atoms with Gasteiger partial charge in [0.15, 0.2) is 0 Å². The summed E-state index contributed by atoms with van der Waals surface area (Å²) < 4.78 is 0. The van der Waals surface area contributed by atoms with E-state index in [-0.39, 0.29) is 11.9 Å². The van der Waals surface area contributed by atoms with Crippen molar-refractivity contribution in [1.29, 1.82) is 0 Å². The lowest BCUT2D eigenvalue weighted by Gasteiger charge is -2.31. The minimum atomic E-state index is -0.588. The molecule has 126 valence electrons. The van der Waals surface area contributed by atoms with Gasteiger partial charge in [0.25, 0.3) is 0 Å². The third kappa shape index (κ3) is 9.10. The van der Waals surface area contributed by atoms with E-state index in [1.165, 1.54) is 38.8 Å². The van der Waals surface area contributed by atoms with Gasteiger partial charge in [-0.15, -0.1) is 0 Å². The Kier molecular flexibility index (Phi) is 10.7. The lowest BCUT2D eigenvalue weighted by Crippen LogP contribution is -2.55. The van der Waals surface area contributed by atoms with Gasteiger partial charge in [0.1, 0.15) is 0 Å². The Balaban J connectivity index is 4.32. The Morgan fingerprint density at radius 2 is 1.57 bits per heavy atom. The Bertz CT molecular complexity index is 273. The average Bonchev–Trinajstić information content (AvgIpc) is 2.40. The maximum atomic E-state index is 11.7. The van der Waals surface area contributed by atoms with Crippen molar-refractivity contribution in [3.8, 4) is 0 Å². The van der Waals surface area contributed by atoms with Gasteiger partial charge in [0, 0.05) is 6.04 Å². The number of carbonyl (C=O) groups is 1. The van der Waals surface area contributed by atoms with Crippen LogP contribution in [0, 0.1) is 0 Å². The number of nitrogens with one attached hydrogen (secondary N) is 1. The van der Waals surface area contributed by atoms with Gasteiger partial charge in [-0.1, -0.05) is 26.7 Å². The van der Waals surface area contributed by atoms with Crippen LogP contribution in [0.2, 0.25) is 0 Å². The molecule has 21 heavy (non-hydrogen) atoms. The first-order valence-electron chi connectivity index (χ1n) is 8.65. The first-order chi connectivity index (χ1) is 9.85. The summed E-state index contributed by atoms with van der Waals surface area (Å²) in [6.07, 6.45) is 6.77. The fourth-order valence-corrected chi connectivity index (χ4v) is 2.66. The molecular weight excluding hydrogens is 262 g/mol. The van der Waals surface area contributed by atoms with Gasteiger partial charge in [-0.25, -0.2) is 0 Å². The van der Waals surface area contributed by atoms with Crippen LogP contribution < -0.4 is 11.1 Å². The fraction of sp³-hybridized carbons (Fsp3) is 0.941. The molecule has 0 aliphatic rings. The average molecular weight is 300 g/mol. The molecular formula is C17H37N3O. The number of amides is 1. The van der Waals surface area contributed by atoms with Crippen molar-refractivity contribution in [2.45, 2.75) is 84.7 Å². The molecule has 0 saturated carbocycles. The highest BCUT2D eigenvalue weighted by atomic mass is 16.1. The molecule has 0 aliphatic heterocycles. The molecule has 4 heteroatoms. The van der Waals surface area contributed by atoms with Crippen molar-refractivity contribution >= 4 is 5.91 Å². The zero-order chi connectivity index (χ0) is 16.3. The van der Waals surface area contributed by atoms with E-state index in [0.29, 0.717) is 0 Å². The molecule has 0 rings (SSSR count). The van der Waals surface area contributed by atoms with E-state index in [2.05, 4.69) is 37.9 Å². The van der Waals surface area contributed by atoms with Gasteiger partial charge < -0.3 is 16.0 Å². The van der Waals surface area contributed by atoms with Gasteiger partial charge in [0.2, 0.25) is 5.91 Å². The van der Waals surface area contributed by atoms with Crippen molar-refractivity contribution in [3.05, 3.63) is 0 Å². The molecule has 0 aliphatic carbocycles. The van der Waals surface area contributed by atoms with E-state index >= 15 is 0 Å². The number of hydrogen-bond donors (Lipinski definition) is 2. The zero-order valence-electron chi connectivity index (χ0n) is 14.9. The van der Waals surface area contributed by atoms with E-state index in [9.17, 15) is 4.79 Å². The van der Waals surface area contributed by atoms with Crippen LogP contribution in [0.25, 0.3) is 0 Å². The van der Waals surface area contributed by atoms with Crippen molar-refractivity contribution < 1.29 is 4.79 Å². The van der Waals surface area contributed by atoms with Crippen LogP contribution in [-0.4, -0.2) is 42.0 Å². The van der Waals surface area contributed by atoms with E-state index < -0.39 is 5.54 Å². The number of primary amides is 1. The Hall–Kier alpha value is -0.610. The lowest BCUT2D eigenvalue weighted by molar-refractivity contribution is -0.124. The van der Waals surface area contributed by atoms with Crippen LogP contribution in [-0.2, 0) is 4.79 Å². The summed E-state index contributed by atoms with van der Waals surface area (Å²) in [5, 5.41) is 3.32. The Morgan fingerprint density at radius 3 is 1.95 bits per heavy atom. The molecule has 0 radical (unpaired) electrons. The molecule has 4 nitrogen and oxygen atoms in total. The summed E-state index contributed by atoms with van der Waals surface area (Å²) in [6.45, 7) is 13.9.